The molecule has 0 saturated heterocycles. The van der Waals surface area contributed by atoms with Gasteiger partial charge in [-0.1, -0.05) is 23.3 Å². The van der Waals surface area contributed by atoms with Gasteiger partial charge in [0.05, 0.1) is 6.26 Å². The molecule has 12 heteroatoms. The minimum atomic E-state index is -3.67. The Morgan fingerprint density at radius 3 is 2.44 bits per heavy atom. The van der Waals surface area contributed by atoms with Gasteiger partial charge in [0.1, 0.15) is 5.75 Å². The van der Waals surface area contributed by atoms with E-state index in [0.717, 1.165) is 37.5 Å². The van der Waals surface area contributed by atoms with Crippen LogP contribution < -0.4 is 14.8 Å². The average Bonchev–Trinajstić information content (AvgIpc) is 3.27. The molecule has 36 heavy (non-hydrogen) atoms. The number of anilines is 3. The molecule has 4 rings (SSSR count). The summed E-state index contributed by atoms with van der Waals surface area (Å²) in [6.07, 6.45) is 4.87. The van der Waals surface area contributed by atoms with Gasteiger partial charge in [0.15, 0.2) is 0 Å². The van der Waals surface area contributed by atoms with E-state index >= 15 is 0 Å². The van der Waals surface area contributed by atoms with Crippen LogP contribution in [0.3, 0.4) is 0 Å². The first-order chi connectivity index (χ1) is 17.1. The number of aromatic nitrogens is 2. The van der Waals surface area contributed by atoms with Gasteiger partial charge in [-0.3, -0.25) is 9.59 Å². The summed E-state index contributed by atoms with van der Waals surface area (Å²) in [4.78, 5) is 23.4. The molecule has 2 aromatic carbocycles. The second kappa shape index (κ2) is 10.8. The summed E-state index contributed by atoms with van der Waals surface area (Å²) in [6.45, 7) is 0. The lowest BCUT2D eigenvalue weighted by molar-refractivity contribution is -0.138. The lowest BCUT2D eigenvalue weighted by Gasteiger charge is -2.28. The van der Waals surface area contributed by atoms with Crippen molar-refractivity contribution < 1.29 is 31.7 Å². The van der Waals surface area contributed by atoms with E-state index in [1.807, 2.05) is 12.1 Å². The number of carboxylic acid groups (broad SMARTS) is 1. The predicted molar refractivity (Wildman–Crippen MR) is 131 cm³/mol. The van der Waals surface area contributed by atoms with E-state index in [1.54, 1.807) is 24.3 Å². The lowest BCUT2D eigenvalue weighted by Crippen LogP contribution is -2.16. The average molecular weight is 515 g/mol. The number of nitrogens with one attached hydrogen (secondary N) is 2. The maximum atomic E-state index is 12.5. The van der Waals surface area contributed by atoms with Gasteiger partial charge in [0, 0.05) is 23.9 Å². The monoisotopic (exact) mass is 514 g/mol. The Kier molecular flexibility index (Phi) is 7.53. The third-order valence-electron chi connectivity index (χ3n) is 5.90. The number of nitrogens with zero attached hydrogens (tertiary/aromatic N) is 2. The van der Waals surface area contributed by atoms with Crippen LogP contribution in [-0.2, 0) is 14.9 Å². The molecule has 0 unspecified atom stereocenters. The van der Waals surface area contributed by atoms with Crippen molar-refractivity contribution in [2.45, 2.75) is 38.0 Å². The van der Waals surface area contributed by atoms with E-state index in [0.29, 0.717) is 17.3 Å². The number of carbonyl (C=O) groups excluding carboxylic acids is 1. The molecular weight excluding hydrogens is 488 g/mol. The molecule has 1 heterocycles. The van der Waals surface area contributed by atoms with Crippen LogP contribution in [0.2, 0.25) is 0 Å². The number of carboxylic acids is 1. The molecule has 1 aliphatic carbocycles. The Morgan fingerprint density at radius 1 is 1.06 bits per heavy atom. The van der Waals surface area contributed by atoms with E-state index < -0.39 is 22.0 Å². The maximum Gasteiger partial charge on any atom is 0.320 e. The highest BCUT2D eigenvalue weighted by atomic mass is 32.2. The van der Waals surface area contributed by atoms with Gasteiger partial charge in [0.25, 0.3) is 0 Å². The number of amides is 1. The Labute approximate surface area is 208 Å². The van der Waals surface area contributed by atoms with E-state index in [1.165, 1.54) is 12.1 Å². The van der Waals surface area contributed by atoms with Gasteiger partial charge in [-0.05, 0) is 67.3 Å². The number of rotatable bonds is 9. The molecule has 0 atom stereocenters. The largest absolute Gasteiger partial charge is 0.481 e. The molecule has 0 radical (unpaired) electrons. The van der Waals surface area contributed by atoms with Crippen molar-refractivity contribution >= 4 is 39.4 Å². The third kappa shape index (κ3) is 7.04. The van der Waals surface area contributed by atoms with E-state index in [9.17, 15) is 18.0 Å². The van der Waals surface area contributed by atoms with Crippen molar-refractivity contribution in [3.05, 3.63) is 60.0 Å². The van der Waals surface area contributed by atoms with Crippen LogP contribution >= 0.6 is 0 Å². The number of carbonyl (C=O) groups is 2. The second-order valence-corrected chi connectivity index (χ2v) is 10.3. The zero-order chi connectivity index (χ0) is 25.7. The number of benzene rings is 2. The van der Waals surface area contributed by atoms with Gasteiger partial charge in [-0.25, -0.2) is 0 Å². The zero-order valence-corrected chi connectivity index (χ0v) is 20.3. The topological polar surface area (TPSA) is 161 Å². The molecule has 1 aromatic heterocycles. The van der Waals surface area contributed by atoms with E-state index in [4.69, 9.17) is 13.7 Å². The van der Waals surface area contributed by atoms with Crippen molar-refractivity contribution in [2.75, 3.05) is 16.9 Å². The number of hydrogen-bond donors (Lipinski definition) is 3. The Morgan fingerprint density at radius 2 is 1.78 bits per heavy atom. The summed E-state index contributed by atoms with van der Waals surface area (Å²) >= 11 is 0. The van der Waals surface area contributed by atoms with Crippen molar-refractivity contribution in [1.82, 2.24) is 10.2 Å². The summed E-state index contributed by atoms with van der Waals surface area (Å²) in [5, 5.41) is 22.0. The fourth-order valence-electron chi connectivity index (χ4n) is 4.26. The standard InChI is InChI=1S/C24H26N4O7S/c1-36(32,33)35-20-4-2-3-19(14-20)26-24-28-27-23(34-24)22(31)25-18-11-9-17(10-12-18)16-7-5-15(6-8-16)13-21(29)30/h2-4,9-12,14-16H,5-8,13H2,1H3,(H,25,31)(H,26,28)(H,29,30)/t15-,16-. The normalized spacial score (nSPS) is 17.8. The minimum Gasteiger partial charge on any atom is -0.481 e. The van der Waals surface area contributed by atoms with Gasteiger partial charge in [0.2, 0.25) is 0 Å². The molecule has 1 fully saturated rings. The highest BCUT2D eigenvalue weighted by molar-refractivity contribution is 7.86. The quantitative estimate of drug-likeness (QED) is 0.354. The molecule has 1 amide bonds. The summed E-state index contributed by atoms with van der Waals surface area (Å²) < 4.78 is 32.8. The van der Waals surface area contributed by atoms with E-state index in [-0.39, 0.29) is 30.0 Å². The molecule has 3 aromatic rings. The zero-order valence-electron chi connectivity index (χ0n) is 19.5. The molecular formula is C24H26N4O7S. The summed E-state index contributed by atoms with van der Waals surface area (Å²) in [5.74, 6) is -0.831. The summed E-state index contributed by atoms with van der Waals surface area (Å²) in [6, 6.07) is 13.6. The van der Waals surface area contributed by atoms with Crippen molar-refractivity contribution in [2.24, 2.45) is 5.92 Å². The van der Waals surface area contributed by atoms with Crippen molar-refractivity contribution in [3.8, 4) is 5.75 Å². The SMILES string of the molecule is CS(=O)(=O)Oc1cccc(Nc2nnc(C(=O)Nc3ccc([C@H]4CC[C@H](CC(=O)O)CC4)cc3)o2)c1. The van der Waals surface area contributed by atoms with Crippen molar-refractivity contribution in [1.29, 1.82) is 0 Å². The summed E-state index contributed by atoms with van der Waals surface area (Å²) in [7, 11) is -3.67. The number of hydrogen-bond acceptors (Lipinski definition) is 9. The van der Waals surface area contributed by atoms with Crippen LogP contribution in [-0.4, -0.2) is 41.9 Å². The molecule has 190 valence electrons. The van der Waals surface area contributed by atoms with Gasteiger partial charge >= 0.3 is 33.9 Å². The first-order valence-corrected chi connectivity index (χ1v) is 13.2. The first kappa shape index (κ1) is 25.2. The Bertz CT molecular complexity index is 1330. The van der Waals surface area contributed by atoms with Gasteiger partial charge in [-0.15, -0.1) is 5.10 Å². The highest BCUT2D eigenvalue weighted by Crippen LogP contribution is 2.37. The lowest BCUT2D eigenvalue weighted by atomic mass is 9.77. The third-order valence-corrected chi connectivity index (χ3v) is 6.40. The van der Waals surface area contributed by atoms with E-state index in [2.05, 4.69) is 20.8 Å². The van der Waals surface area contributed by atoms with Crippen LogP contribution in [0.1, 0.15) is 54.3 Å². The fourth-order valence-corrected chi connectivity index (χ4v) is 4.71. The predicted octanol–water partition coefficient (Wildman–Crippen LogP) is 4.15. The maximum absolute atomic E-state index is 12.5. The molecule has 0 spiro atoms. The van der Waals surface area contributed by atoms with Crippen molar-refractivity contribution in [3.63, 3.8) is 0 Å². The first-order valence-electron chi connectivity index (χ1n) is 11.4. The van der Waals surface area contributed by atoms with Crippen LogP contribution in [0, 0.1) is 5.92 Å². The van der Waals surface area contributed by atoms with Crippen LogP contribution in [0.5, 0.6) is 5.75 Å². The van der Waals surface area contributed by atoms with Crippen LogP contribution in [0.4, 0.5) is 17.4 Å². The van der Waals surface area contributed by atoms with Gasteiger partial charge < -0.3 is 24.3 Å². The molecule has 1 aliphatic rings. The van der Waals surface area contributed by atoms with Crippen LogP contribution in [0.15, 0.2) is 52.9 Å². The van der Waals surface area contributed by atoms with Gasteiger partial charge in [-0.2, -0.15) is 8.42 Å². The minimum absolute atomic E-state index is 0.0505. The Hall–Kier alpha value is -3.93. The smallest absolute Gasteiger partial charge is 0.320 e. The molecule has 0 aliphatic heterocycles. The molecule has 3 N–H and O–H groups in total. The Balaban J connectivity index is 1.32. The highest BCUT2D eigenvalue weighted by Gasteiger charge is 2.24. The molecule has 11 nitrogen and oxygen atoms in total. The molecule has 1 saturated carbocycles. The second-order valence-electron chi connectivity index (χ2n) is 8.74. The fraction of sp³-hybridized carbons (Fsp3) is 0.333. The number of aliphatic carboxylic acids is 1. The van der Waals surface area contributed by atoms with Crippen LogP contribution in [0.25, 0.3) is 0 Å². The summed E-state index contributed by atoms with van der Waals surface area (Å²) in [5.41, 5.74) is 2.16. The molecule has 0 bridgehead atoms.